The Balaban J connectivity index is 1.83. The summed E-state index contributed by atoms with van der Waals surface area (Å²) in [4.78, 5) is 17.0. The predicted octanol–water partition coefficient (Wildman–Crippen LogP) is 2.32. The first-order chi connectivity index (χ1) is 11.1. The van der Waals surface area contributed by atoms with Gasteiger partial charge in [0.1, 0.15) is 0 Å². The van der Waals surface area contributed by atoms with E-state index < -0.39 is 0 Å². The molecule has 0 bridgehead atoms. The summed E-state index contributed by atoms with van der Waals surface area (Å²) in [6.45, 7) is 10.3. The van der Waals surface area contributed by atoms with Crippen LogP contribution in [0.3, 0.4) is 0 Å². The number of likely N-dealkylation sites (N-methyl/N-ethyl adjacent to an activating group) is 1. The minimum Gasteiger partial charge on any atom is -0.459 e. The Morgan fingerprint density at radius 2 is 2.17 bits per heavy atom. The van der Waals surface area contributed by atoms with Gasteiger partial charge in [0.15, 0.2) is 5.76 Å². The zero-order chi connectivity index (χ0) is 16.4. The van der Waals surface area contributed by atoms with Gasteiger partial charge in [-0.3, -0.25) is 9.48 Å². The zero-order valence-corrected chi connectivity index (χ0v) is 14.0. The number of furan rings is 1. The normalized spacial score (nSPS) is 17.6. The average molecular weight is 316 g/mol. The van der Waals surface area contributed by atoms with Gasteiger partial charge in [-0.05, 0) is 32.1 Å². The molecule has 2 aromatic rings. The van der Waals surface area contributed by atoms with Crippen LogP contribution in [-0.2, 0) is 6.54 Å². The van der Waals surface area contributed by atoms with Crippen LogP contribution in [0.25, 0.3) is 0 Å². The molecular formula is C17H24N4O2. The number of carbonyl (C=O) groups is 1. The molecule has 3 rings (SSSR count). The average Bonchev–Trinajstić information content (AvgIpc) is 3.20. The Morgan fingerprint density at radius 3 is 2.83 bits per heavy atom. The van der Waals surface area contributed by atoms with Gasteiger partial charge in [-0.25, -0.2) is 0 Å². The van der Waals surface area contributed by atoms with Crippen molar-refractivity contribution >= 4 is 5.91 Å². The van der Waals surface area contributed by atoms with E-state index in [0.29, 0.717) is 18.8 Å². The van der Waals surface area contributed by atoms with Crippen molar-refractivity contribution in [2.24, 2.45) is 0 Å². The molecule has 1 aliphatic heterocycles. The third-order valence-electron chi connectivity index (χ3n) is 4.59. The van der Waals surface area contributed by atoms with Gasteiger partial charge in [0.2, 0.25) is 0 Å². The smallest absolute Gasteiger partial charge is 0.290 e. The number of fused-ring (bicyclic) bond motifs is 1. The molecule has 0 saturated heterocycles. The molecule has 0 aliphatic carbocycles. The Morgan fingerprint density at radius 1 is 1.39 bits per heavy atom. The molecule has 0 radical (unpaired) electrons. The highest BCUT2D eigenvalue weighted by molar-refractivity contribution is 5.92. The van der Waals surface area contributed by atoms with Gasteiger partial charge in [-0.15, -0.1) is 0 Å². The quantitative estimate of drug-likeness (QED) is 0.849. The van der Waals surface area contributed by atoms with E-state index in [1.54, 1.807) is 6.26 Å². The van der Waals surface area contributed by atoms with Crippen LogP contribution >= 0.6 is 0 Å². The first-order valence-corrected chi connectivity index (χ1v) is 8.22. The lowest BCUT2D eigenvalue weighted by atomic mass is 10.1. The number of nitrogens with zero attached hydrogens (tertiary/aromatic N) is 4. The lowest BCUT2D eigenvalue weighted by molar-refractivity contribution is 0.0610. The molecule has 1 atom stereocenters. The second-order valence-electron chi connectivity index (χ2n) is 6.03. The topological polar surface area (TPSA) is 54.5 Å². The molecule has 0 N–H and O–H groups in total. The number of aryl methyl sites for hydroxylation is 1. The van der Waals surface area contributed by atoms with Crippen LogP contribution in [-0.4, -0.2) is 51.7 Å². The Labute approximate surface area is 136 Å². The van der Waals surface area contributed by atoms with Crippen LogP contribution in [0.1, 0.15) is 41.7 Å². The van der Waals surface area contributed by atoms with Gasteiger partial charge in [0.25, 0.3) is 5.91 Å². The Bertz CT molecular complexity index is 672. The van der Waals surface area contributed by atoms with Crippen molar-refractivity contribution in [2.45, 2.75) is 33.4 Å². The van der Waals surface area contributed by atoms with Crippen molar-refractivity contribution in [1.29, 1.82) is 0 Å². The van der Waals surface area contributed by atoms with Crippen molar-refractivity contribution in [3.05, 3.63) is 41.6 Å². The molecule has 23 heavy (non-hydrogen) atoms. The van der Waals surface area contributed by atoms with Crippen LogP contribution in [0.5, 0.6) is 0 Å². The van der Waals surface area contributed by atoms with Crippen LogP contribution in [0, 0.1) is 6.92 Å². The fourth-order valence-electron chi connectivity index (χ4n) is 3.19. The van der Waals surface area contributed by atoms with E-state index in [-0.39, 0.29) is 11.9 Å². The molecule has 1 aliphatic rings. The largest absolute Gasteiger partial charge is 0.459 e. The third kappa shape index (κ3) is 3.03. The molecule has 124 valence electrons. The molecule has 6 heteroatoms. The monoisotopic (exact) mass is 316 g/mol. The van der Waals surface area contributed by atoms with Gasteiger partial charge in [0, 0.05) is 24.8 Å². The summed E-state index contributed by atoms with van der Waals surface area (Å²) in [5, 5.41) is 4.46. The van der Waals surface area contributed by atoms with Gasteiger partial charge >= 0.3 is 0 Å². The number of amides is 1. The van der Waals surface area contributed by atoms with Gasteiger partial charge in [0.05, 0.1) is 24.5 Å². The summed E-state index contributed by atoms with van der Waals surface area (Å²) in [7, 11) is 0. The van der Waals surface area contributed by atoms with Crippen LogP contribution in [0.15, 0.2) is 29.0 Å². The standard InChI is InChI=1S/C17H24N4O2/c1-4-19(5-2)10-15-12-20(11-14-6-8-18-21(14)15)17(22)16-13(3)7-9-23-16/h6-9,15H,4-5,10-12H2,1-3H3/t15-/m0/s1. The third-order valence-corrected chi connectivity index (χ3v) is 4.59. The van der Waals surface area contributed by atoms with E-state index in [4.69, 9.17) is 4.42 Å². The lowest BCUT2D eigenvalue weighted by Crippen LogP contribution is -2.45. The lowest BCUT2D eigenvalue weighted by Gasteiger charge is -2.36. The molecule has 1 amide bonds. The van der Waals surface area contributed by atoms with Crippen molar-refractivity contribution in [3.8, 4) is 0 Å². The number of rotatable bonds is 5. The molecule has 0 saturated carbocycles. The number of carbonyl (C=O) groups excluding carboxylic acids is 1. The predicted molar refractivity (Wildman–Crippen MR) is 87.2 cm³/mol. The molecule has 0 unspecified atom stereocenters. The maximum atomic E-state index is 12.8. The minimum absolute atomic E-state index is 0.0375. The van der Waals surface area contributed by atoms with Crippen molar-refractivity contribution in [2.75, 3.05) is 26.2 Å². The highest BCUT2D eigenvalue weighted by atomic mass is 16.3. The SMILES string of the molecule is CCN(CC)C[C@H]1CN(C(=O)c2occc2C)Cc2ccnn21. The van der Waals surface area contributed by atoms with Gasteiger partial charge in [-0.2, -0.15) is 5.10 Å². The van der Waals surface area contributed by atoms with Gasteiger partial charge < -0.3 is 14.2 Å². The zero-order valence-electron chi connectivity index (χ0n) is 14.0. The van der Waals surface area contributed by atoms with Crippen molar-refractivity contribution < 1.29 is 9.21 Å². The Kier molecular flexibility index (Phi) is 4.52. The van der Waals surface area contributed by atoms with Gasteiger partial charge in [-0.1, -0.05) is 13.8 Å². The molecule has 0 spiro atoms. The number of hydrogen-bond donors (Lipinski definition) is 0. The van der Waals surface area contributed by atoms with E-state index in [9.17, 15) is 4.79 Å². The van der Waals surface area contributed by atoms with E-state index in [1.807, 2.05) is 30.2 Å². The fraction of sp³-hybridized carbons (Fsp3) is 0.529. The summed E-state index contributed by atoms with van der Waals surface area (Å²) >= 11 is 0. The van der Waals surface area contributed by atoms with E-state index in [1.165, 1.54) is 0 Å². The van der Waals surface area contributed by atoms with Crippen LogP contribution in [0.2, 0.25) is 0 Å². The van der Waals surface area contributed by atoms with E-state index >= 15 is 0 Å². The molecule has 2 aromatic heterocycles. The van der Waals surface area contributed by atoms with Crippen LogP contribution < -0.4 is 0 Å². The minimum atomic E-state index is -0.0375. The fourth-order valence-corrected chi connectivity index (χ4v) is 3.19. The molecular weight excluding hydrogens is 292 g/mol. The summed E-state index contributed by atoms with van der Waals surface area (Å²) < 4.78 is 7.45. The first kappa shape index (κ1) is 15.8. The first-order valence-electron chi connectivity index (χ1n) is 8.22. The highest BCUT2D eigenvalue weighted by Gasteiger charge is 2.31. The van der Waals surface area contributed by atoms with E-state index in [0.717, 1.165) is 30.9 Å². The summed E-state index contributed by atoms with van der Waals surface area (Å²) in [5.74, 6) is 0.407. The summed E-state index contributed by atoms with van der Waals surface area (Å²) in [6, 6.07) is 3.99. The highest BCUT2D eigenvalue weighted by Crippen LogP contribution is 2.24. The van der Waals surface area contributed by atoms with Crippen molar-refractivity contribution in [1.82, 2.24) is 19.6 Å². The maximum Gasteiger partial charge on any atom is 0.290 e. The summed E-state index contributed by atoms with van der Waals surface area (Å²) in [5.41, 5.74) is 1.96. The second-order valence-corrected chi connectivity index (χ2v) is 6.03. The molecule has 3 heterocycles. The summed E-state index contributed by atoms with van der Waals surface area (Å²) in [6.07, 6.45) is 3.39. The van der Waals surface area contributed by atoms with Crippen molar-refractivity contribution in [3.63, 3.8) is 0 Å². The van der Waals surface area contributed by atoms with E-state index in [2.05, 4.69) is 28.5 Å². The number of aromatic nitrogens is 2. The maximum absolute atomic E-state index is 12.8. The van der Waals surface area contributed by atoms with Crippen LogP contribution in [0.4, 0.5) is 0 Å². The molecule has 0 aromatic carbocycles. The molecule has 6 nitrogen and oxygen atoms in total. The second kappa shape index (κ2) is 6.58. The number of hydrogen-bond acceptors (Lipinski definition) is 4. The molecule has 0 fully saturated rings. The Hall–Kier alpha value is -2.08.